The van der Waals surface area contributed by atoms with Crippen LogP contribution in [0.15, 0.2) is 24.3 Å². The molecular weight excluding hydrogens is 267 g/mol. The molecule has 1 aliphatic rings. The van der Waals surface area contributed by atoms with E-state index < -0.39 is 15.3 Å². The van der Waals surface area contributed by atoms with E-state index in [2.05, 4.69) is 0 Å². The van der Waals surface area contributed by atoms with Gasteiger partial charge in [0.15, 0.2) is 0 Å². The fourth-order valence-corrected chi connectivity index (χ4v) is 3.46. The van der Waals surface area contributed by atoms with Gasteiger partial charge < -0.3 is 4.90 Å². The summed E-state index contributed by atoms with van der Waals surface area (Å²) in [7, 11) is -3.20. The Morgan fingerprint density at radius 3 is 2.21 bits per heavy atom. The molecule has 1 heterocycles. The van der Waals surface area contributed by atoms with Crippen LogP contribution in [0.1, 0.15) is 13.8 Å². The number of sulfonamides is 1. The largest absolute Gasteiger partial charge is 0.367 e. The van der Waals surface area contributed by atoms with Crippen LogP contribution in [0.25, 0.3) is 0 Å². The molecular formula is C13H19FN2O2S. The van der Waals surface area contributed by atoms with Crippen molar-refractivity contribution in [3.63, 3.8) is 0 Å². The summed E-state index contributed by atoms with van der Waals surface area (Å²) in [6.45, 7) is 5.22. The standard InChI is InChI=1S/C13H19FN2O2S/c1-11(2)19(17,18)16-9-7-15(8-10-16)13-6-4-3-5-12(13)14/h3-6,11H,7-10H2,1-2H3. The Bertz CT molecular complexity index is 537. The molecule has 106 valence electrons. The summed E-state index contributed by atoms with van der Waals surface area (Å²) in [6.07, 6.45) is 0. The SMILES string of the molecule is CC(C)S(=O)(=O)N1CCN(c2ccccc2F)CC1. The molecule has 0 aromatic heterocycles. The van der Waals surface area contributed by atoms with Crippen LogP contribution in [0.3, 0.4) is 0 Å². The number of piperazine rings is 1. The number of hydrogen-bond acceptors (Lipinski definition) is 3. The van der Waals surface area contributed by atoms with Gasteiger partial charge in [0.1, 0.15) is 5.82 Å². The molecule has 1 aromatic rings. The maximum Gasteiger partial charge on any atom is 0.216 e. The van der Waals surface area contributed by atoms with Gasteiger partial charge in [-0.25, -0.2) is 12.8 Å². The van der Waals surface area contributed by atoms with Gasteiger partial charge in [-0.05, 0) is 26.0 Å². The van der Waals surface area contributed by atoms with E-state index in [0.717, 1.165) is 0 Å². The van der Waals surface area contributed by atoms with Crippen molar-refractivity contribution >= 4 is 15.7 Å². The van der Waals surface area contributed by atoms with Crippen molar-refractivity contribution in [2.24, 2.45) is 0 Å². The Morgan fingerprint density at radius 1 is 1.11 bits per heavy atom. The number of hydrogen-bond donors (Lipinski definition) is 0. The van der Waals surface area contributed by atoms with E-state index in [1.165, 1.54) is 10.4 Å². The van der Waals surface area contributed by atoms with Crippen LogP contribution >= 0.6 is 0 Å². The minimum absolute atomic E-state index is 0.261. The highest BCUT2D eigenvalue weighted by Crippen LogP contribution is 2.21. The monoisotopic (exact) mass is 286 g/mol. The second-order valence-electron chi connectivity index (χ2n) is 4.93. The summed E-state index contributed by atoms with van der Waals surface area (Å²) < 4.78 is 39.2. The Labute approximate surface area is 113 Å². The molecule has 0 atom stereocenters. The highest BCUT2D eigenvalue weighted by Gasteiger charge is 2.29. The predicted molar refractivity (Wildman–Crippen MR) is 74.2 cm³/mol. The fraction of sp³-hybridized carbons (Fsp3) is 0.538. The maximum atomic E-state index is 13.7. The summed E-state index contributed by atoms with van der Waals surface area (Å²) >= 11 is 0. The van der Waals surface area contributed by atoms with E-state index in [1.54, 1.807) is 32.0 Å². The highest BCUT2D eigenvalue weighted by molar-refractivity contribution is 7.89. The lowest BCUT2D eigenvalue weighted by Crippen LogP contribution is -2.50. The van der Waals surface area contributed by atoms with Gasteiger partial charge in [-0.1, -0.05) is 12.1 Å². The second-order valence-corrected chi connectivity index (χ2v) is 7.42. The summed E-state index contributed by atoms with van der Waals surface area (Å²) in [5, 5.41) is -0.410. The minimum Gasteiger partial charge on any atom is -0.367 e. The lowest BCUT2D eigenvalue weighted by atomic mass is 10.2. The molecule has 19 heavy (non-hydrogen) atoms. The van der Waals surface area contributed by atoms with Crippen LogP contribution in [0.4, 0.5) is 10.1 Å². The Balaban J connectivity index is 2.06. The van der Waals surface area contributed by atoms with Gasteiger partial charge in [-0.15, -0.1) is 0 Å². The van der Waals surface area contributed by atoms with E-state index in [-0.39, 0.29) is 5.82 Å². The molecule has 0 unspecified atom stereocenters. The molecule has 4 nitrogen and oxygen atoms in total. The Hall–Kier alpha value is -1.14. The van der Waals surface area contributed by atoms with Crippen molar-refractivity contribution in [2.45, 2.75) is 19.1 Å². The molecule has 0 amide bonds. The molecule has 6 heteroatoms. The van der Waals surface area contributed by atoms with Crippen molar-refractivity contribution < 1.29 is 12.8 Å². The quantitative estimate of drug-likeness (QED) is 0.849. The third-order valence-electron chi connectivity index (χ3n) is 3.39. The van der Waals surface area contributed by atoms with Crippen molar-refractivity contribution in [3.8, 4) is 0 Å². The average Bonchev–Trinajstić information content (AvgIpc) is 2.39. The predicted octanol–water partition coefficient (Wildman–Crippen LogP) is 1.69. The van der Waals surface area contributed by atoms with Gasteiger partial charge in [0, 0.05) is 26.2 Å². The van der Waals surface area contributed by atoms with E-state index in [9.17, 15) is 12.8 Å². The van der Waals surface area contributed by atoms with Crippen LogP contribution in [0.2, 0.25) is 0 Å². The summed E-state index contributed by atoms with van der Waals surface area (Å²) in [4.78, 5) is 1.89. The van der Waals surface area contributed by atoms with E-state index in [4.69, 9.17) is 0 Å². The van der Waals surface area contributed by atoms with Gasteiger partial charge in [0.05, 0.1) is 10.9 Å². The first-order chi connectivity index (χ1) is 8.93. The van der Waals surface area contributed by atoms with E-state index >= 15 is 0 Å². The number of anilines is 1. The fourth-order valence-electron chi connectivity index (χ4n) is 2.19. The molecule has 0 saturated carbocycles. The number of para-hydroxylation sites is 1. The topological polar surface area (TPSA) is 40.6 Å². The minimum atomic E-state index is -3.20. The van der Waals surface area contributed by atoms with Crippen LogP contribution in [-0.2, 0) is 10.0 Å². The van der Waals surface area contributed by atoms with Gasteiger partial charge in [0.25, 0.3) is 0 Å². The van der Waals surface area contributed by atoms with Crippen LogP contribution < -0.4 is 4.90 Å². The van der Waals surface area contributed by atoms with Crippen LogP contribution in [0.5, 0.6) is 0 Å². The third kappa shape index (κ3) is 2.90. The van der Waals surface area contributed by atoms with Gasteiger partial charge in [-0.2, -0.15) is 4.31 Å². The first-order valence-electron chi connectivity index (χ1n) is 6.41. The molecule has 1 fully saturated rings. The first kappa shape index (κ1) is 14.3. The van der Waals surface area contributed by atoms with E-state index in [1.807, 2.05) is 4.90 Å². The molecule has 0 aliphatic carbocycles. The summed E-state index contributed by atoms with van der Waals surface area (Å²) in [6, 6.07) is 6.59. The van der Waals surface area contributed by atoms with Crippen molar-refractivity contribution in [2.75, 3.05) is 31.1 Å². The third-order valence-corrected chi connectivity index (χ3v) is 5.66. The first-order valence-corrected chi connectivity index (χ1v) is 7.91. The zero-order valence-electron chi connectivity index (χ0n) is 11.2. The number of benzene rings is 1. The number of halogens is 1. The summed E-state index contributed by atoms with van der Waals surface area (Å²) in [5.74, 6) is -0.261. The van der Waals surface area contributed by atoms with E-state index in [0.29, 0.717) is 31.9 Å². The average molecular weight is 286 g/mol. The summed E-state index contributed by atoms with van der Waals surface area (Å²) in [5.41, 5.74) is 0.545. The highest BCUT2D eigenvalue weighted by atomic mass is 32.2. The number of nitrogens with zero attached hydrogens (tertiary/aromatic N) is 2. The zero-order valence-corrected chi connectivity index (χ0v) is 12.0. The molecule has 0 radical (unpaired) electrons. The Morgan fingerprint density at radius 2 is 1.68 bits per heavy atom. The lowest BCUT2D eigenvalue weighted by Gasteiger charge is -2.36. The molecule has 2 rings (SSSR count). The van der Waals surface area contributed by atoms with Crippen LogP contribution in [-0.4, -0.2) is 44.2 Å². The van der Waals surface area contributed by atoms with Gasteiger partial charge in [-0.3, -0.25) is 0 Å². The molecule has 1 aliphatic heterocycles. The van der Waals surface area contributed by atoms with Crippen molar-refractivity contribution in [1.82, 2.24) is 4.31 Å². The second kappa shape index (κ2) is 5.46. The van der Waals surface area contributed by atoms with Crippen molar-refractivity contribution in [1.29, 1.82) is 0 Å². The molecule has 1 aromatic carbocycles. The van der Waals surface area contributed by atoms with Crippen molar-refractivity contribution in [3.05, 3.63) is 30.1 Å². The lowest BCUT2D eigenvalue weighted by molar-refractivity contribution is 0.379. The number of rotatable bonds is 3. The van der Waals surface area contributed by atoms with Gasteiger partial charge in [0.2, 0.25) is 10.0 Å². The maximum absolute atomic E-state index is 13.7. The molecule has 0 spiro atoms. The smallest absolute Gasteiger partial charge is 0.216 e. The zero-order chi connectivity index (χ0) is 14.0. The normalized spacial score (nSPS) is 18.0. The molecule has 1 saturated heterocycles. The van der Waals surface area contributed by atoms with Crippen LogP contribution in [0, 0.1) is 5.82 Å². The Kier molecular flexibility index (Phi) is 4.10. The van der Waals surface area contributed by atoms with Gasteiger partial charge >= 0.3 is 0 Å². The molecule has 0 bridgehead atoms. The molecule has 0 N–H and O–H groups in total.